The Morgan fingerprint density at radius 2 is 1.12 bits per heavy atom. The number of anilines is 1. The van der Waals surface area contributed by atoms with E-state index in [1.54, 1.807) is 0 Å². The standard InChI is InChI=1S/C25H15F4NO3/c26-19-5-1-13(10-21(19)28)17-9-15(3-7-23(17)31)25(33)30-16-4-8-24(32)18(12-16)14-2-6-20(27)22(29)11-14/h1-12,31-32H,(H,30,33). The Morgan fingerprint density at radius 1 is 0.606 bits per heavy atom. The molecule has 8 heteroatoms. The molecule has 166 valence electrons. The van der Waals surface area contributed by atoms with Crippen LogP contribution in [0.2, 0.25) is 0 Å². The lowest BCUT2D eigenvalue weighted by atomic mass is 10.0. The van der Waals surface area contributed by atoms with Gasteiger partial charge in [0.15, 0.2) is 23.3 Å². The van der Waals surface area contributed by atoms with E-state index in [-0.39, 0.29) is 45.0 Å². The molecule has 0 aliphatic rings. The zero-order chi connectivity index (χ0) is 23.7. The van der Waals surface area contributed by atoms with Gasteiger partial charge in [-0.25, -0.2) is 17.6 Å². The number of nitrogens with one attached hydrogen (secondary N) is 1. The molecule has 0 aliphatic carbocycles. The van der Waals surface area contributed by atoms with Gasteiger partial charge >= 0.3 is 0 Å². The number of amides is 1. The molecule has 0 heterocycles. The third-order valence-electron chi connectivity index (χ3n) is 4.97. The highest BCUT2D eigenvalue weighted by molar-refractivity contribution is 6.05. The normalized spacial score (nSPS) is 10.8. The van der Waals surface area contributed by atoms with Gasteiger partial charge in [-0.3, -0.25) is 4.79 Å². The van der Waals surface area contributed by atoms with Crippen molar-refractivity contribution in [2.24, 2.45) is 0 Å². The van der Waals surface area contributed by atoms with E-state index in [4.69, 9.17) is 0 Å². The van der Waals surface area contributed by atoms with Crippen molar-refractivity contribution >= 4 is 11.6 Å². The van der Waals surface area contributed by atoms with E-state index in [2.05, 4.69) is 5.32 Å². The number of hydrogen-bond donors (Lipinski definition) is 3. The Bertz CT molecular complexity index is 1390. The van der Waals surface area contributed by atoms with E-state index in [1.807, 2.05) is 0 Å². The van der Waals surface area contributed by atoms with Crippen LogP contribution in [0.1, 0.15) is 10.4 Å². The molecular weight excluding hydrogens is 438 g/mol. The molecule has 0 saturated heterocycles. The van der Waals surface area contributed by atoms with Crippen molar-refractivity contribution in [2.75, 3.05) is 5.32 Å². The molecule has 0 spiro atoms. The van der Waals surface area contributed by atoms with Gasteiger partial charge in [0.05, 0.1) is 0 Å². The zero-order valence-electron chi connectivity index (χ0n) is 16.7. The predicted octanol–water partition coefficient (Wildman–Crippen LogP) is 6.24. The highest BCUT2D eigenvalue weighted by Crippen LogP contribution is 2.34. The van der Waals surface area contributed by atoms with Crippen molar-refractivity contribution in [1.82, 2.24) is 0 Å². The zero-order valence-corrected chi connectivity index (χ0v) is 16.7. The highest BCUT2D eigenvalue weighted by Gasteiger charge is 2.15. The van der Waals surface area contributed by atoms with Crippen LogP contribution in [-0.2, 0) is 0 Å². The first-order chi connectivity index (χ1) is 15.7. The molecule has 4 nitrogen and oxygen atoms in total. The summed E-state index contributed by atoms with van der Waals surface area (Å²) in [4.78, 5) is 12.8. The van der Waals surface area contributed by atoms with Crippen LogP contribution in [0.4, 0.5) is 23.2 Å². The van der Waals surface area contributed by atoms with Crippen molar-refractivity contribution in [2.45, 2.75) is 0 Å². The van der Waals surface area contributed by atoms with Gasteiger partial charge in [0.2, 0.25) is 0 Å². The van der Waals surface area contributed by atoms with Gasteiger partial charge in [-0.1, -0.05) is 12.1 Å². The minimum atomic E-state index is -1.10. The van der Waals surface area contributed by atoms with Crippen molar-refractivity contribution in [1.29, 1.82) is 0 Å². The van der Waals surface area contributed by atoms with Crippen LogP contribution in [0.15, 0.2) is 72.8 Å². The Morgan fingerprint density at radius 3 is 1.67 bits per heavy atom. The van der Waals surface area contributed by atoms with Gasteiger partial charge in [-0.2, -0.15) is 0 Å². The molecule has 1 amide bonds. The maximum Gasteiger partial charge on any atom is 0.255 e. The molecular formula is C25H15F4NO3. The fourth-order valence-corrected chi connectivity index (χ4v) is 3.28. The number of benzene rings is 4. The number of halogens is 4. The summed E-state index contributed by atoms with van der Waals surface area (Å²) in [5.74, 6) is -5.30. The third-order valence-corrected chi connectivity index (χ3v) is 4.97. The maximum atomic E-state index is 13.6. The summed E-state index contributed by atoms with van der Waals surface area (Å²) in [5, 5.41) is 22.8. The molecule has 4 aromatic rings. The van der Waals surface area contributed by atoms with Crippen LogP contribution in [-0.4, -0.2) is 16.1 Å². The summed E-state index contributed by atoms with van der Waals surface area (Å²) in [6.45, 7) is 0. The lowest BCUT2D eigenvalue weighted by Gasteiger charge is -2.12. The monoisotopic (exact) mass is 453 g/mol. The second-order valence-electron chi connectivity index (χ2n) is 7.18. The Labute approximate surface area is 185 Å². The molecule has 0 atom stereocenters. The largest absolute Gasteiger partial charge is 0.507 e. The second kappa shape index (κ2) is 8.66. The second-order valence-corrected chi connectivity index (χ2v) is 7.18. The summed E-state index contributed by atoms with van der Waals surface area (Å²) in [6, 6.07) is 14.2. The molecule has 3 N–H and O–H groups in total. The summed E-state index contributed by atoms with van der Waals surface area (Å²) in [7, 11) is 0. The number of hydrogen-bond acceptors (Lipinski definition) is 3. The first kappa shape index (κ1) is 21.9. The van der Waals surface area contributed by atoms with Crippen LogP contribution in [0.25, 0.3) is 22.3 Å². The minimum Gasteiger partial charge on any atom is -0.507 e. The molecule has 33 heavy (non-hydrogen) atoms. The van der Waals surface area contributed by atoms with E-state index in [9.17, 15) is 32.6 Å². The molecule has 0 aliphatic heterocycles. The van der Waals surface area contributed by atoms with E-state index in [0.717, 1.165) is 24.3 Å². The topological polar surface area (TPSA) is 69.6 Å². The molecule has 0 fully saturated rings. The number of phenolic OH excluding ortho intramolecular Hbond substituents is 2. The van der Waals surface area contributed by atoms with Crippen LogP contribution in [0.5, 0.6) is 11.5 Å². The first-order valence-corrected chi connectivity index (χ1v) is 9.61. The van der Waals surface area contributed by atoms with Crippen molar-refractivity contribution in [3.05, 3.63) is 102 Å². The smallest absolute Gasteiger partial charge is 0.255 e. The van der Waals surface area contributed by atoms with Crippen molar-refractivity contribution in [3.63, 3.8) is 0 Å². The SMILES string of the molecule is O=C(Nc1ccc(O)c(-c2ccc(F)c(F)c2)c1)c1ccc(O)c(-c2ccc(F)c(F)c2)c1. The van der Waals surface area contributed by atoms with E-state index in [1.165, 1.54) is 48.5 Å². The highest BCUT2D eigenvalue weighted by atomic mass is 19.2. The molecule has 4 rings (SSSR count). The quantitative estimate of drug-likeness (QED) is 0.253. The van der Waals surface area contributed by atoms with Crippen LogP contribution >= 0.6 is 0 Å². The van der Waals surface area contributed by atoms with Gasteiger partial charge in [-0.05, 0) is 71.8 Å². The average molecular weight is 453 g/mol. The molecule has 0 aromatic heterocycles. The predicted molar refractivity (Wildman–Crippen MR) is 115 cm³/mol. The lowest BCUT2D eigenvalue weighted by Crippen LogP contribution is -2.12. The Kier molecular flexibility index (Phi) is 5.74. The van der Waals surface area contributed by atoms with E-state index >= 15 is 0 Å². The number of carbonyl (C=O) groups is 1. The van der Waals surface area contributed by atoms with Crippen LogP contribution < -0.4 is 5.32 Å². The van der Waals surface area contributed by atoms with E-state index in [0.29, 0.717) is 0 Å². The van der Waals surface area contributed by atoms with Gasteiger partial charge in [-0.15, -0.1) is 0 Å². The molecule has 0 radical (unpaired) electrons. The summed E-state index contributed by atoms with van der Waals surface area (Å²) >= 11 is 0. The van der Waals surface area contributed by atoms with E-state index < -0.39 is 29.2 Å². The number of aromatic hydroxyl groups is 2. The molecule has 0 bridgehead atoms. The summed E-state index contributed by atoms with van der Waals surface area (Å²) in [5.41, 5.74) is 1.02. The van der Waals surface area contributed by atoms with Crippen molar-refractivity contribution in [3.8, 4) is 33.8 Å². The number of carbonyl (C=O) groups excluding carboxylic acids is 1. The third kappa shape index (κ3) is 4.50. The maximum absolute atomic E-state index is 13.6. The van der Waals surface area contributed by atoms with Gasteiger partial charge in [0, 0.05) is 22.4 Å². The molecule has 4 aromatic carbocycles. The number of phenols is 2. The minimum absolute atomic E-state index is 0.106. The molecule has 0 saturated carbocycles. The van der Waals surface area contributed by atoms with Crippen LogP contribution in [0.3, 0.4) is 0 Å². The van der Waals surface area contributed by atoms with Gasteiger partial charge in [0.1, 0.15) is 11.5 Å². The first-order valence-electron chi connectivity index (χ1n) is 9.61. The Hall–Kier alpha value is -4.33. The van der Waals surface area contributed by atoms with Gasteiger partial charge in [0.25, 0.3) is 5.91 Å². The van der Waals surface area contributed by atoms with Crippen LogP contribution in [0, 0.1) is 23.3 Å². The lowest BCUT2D eigenvalue weighted by molar-refractivity contribution is 0.102. The fourth-order valence-electron chi connectivity index (χ4n) is 3.28. The molecule has 0 unspecified atom stereocenters. The number of rotatable bonds is 4. The summed E-state index contributed by atoms with van der Waals surface area (Å²) < 4.78 is 53.7. The average Bonchev–Trinajstić information content (AvgIpc) is 2.79. The summed E-state index contributed by atoms with van der Waals surface area (Å²) in [6.07, 6.45) is 0. The van der Waals surface area contributed by atoms with Crippen molar-refractivity contribution < 1.29 is 32.6 Å². The Balaban J connectivity index is 1.63. The fraction of sp³-hybridized carbons (Fsp3) is 0. The van der Waals surface area contributed by atoms with Gasteiger partial charge < -0.3 is 15.5 Å².